The summed E-state index contributed by atoms with van der Waals surface area (Å²) in [5.41, 5.74) is 1.72. The molecule has 1 aromatic rings. The molecule has 120 valence electrons. The lowest BCUT2D eigenvalue weighted by atomic mass is 9.96. The molecule has 22 heavy (non-hydrogen) atoms. The molecule has 5 heteroatoms. The molecule has 0 aromatic heterocycles. The second-order valence-electron chi connectivity index (χ2n) is 6.23. The Balaban J connectivity index is 2.01. The number of rotatable bonds is 3. The highest BCUT2D eigenvalue weighted by Crippen LogP contribution is 2.23. The van der Waals surface area contributed by atoms with Gasteiger partial charge in [0.05, 0.1) is 5.92 Å². The van der Waals surface area contributed by atoms with E-state index < -0.39 is 0 Å². The first-order valence-electron chi connectivity index (χ1n) is 7.74. The van der Waals surface area contributed by atoms with E-state index in [0.717, 1.165) is 30.6 Å². The van der Waals surface area contributed by atoms with Crippen LogP contribution in [0.2, 0.25) is 5.02 Å². The number of benzene rings is 1. The first-order valence-corrected chi connectivity index (χ1v) is 8.12. The maximum absolute atomic E-state index is 12.5. The number of anilines is 1. The minimum absolute atomic E-state index is 0.0216. The number of halogens is 1. The standard InChI is InChI=1S/C17H23ClN2O2/c1-11(2)17(22)20-8-4-5-13(10-20)16(21)19-15-7-6-14(18)9-12(15)3/h6-7,9,11,13H,4-5,8,10H2,1-3H3,(H,19,21)/t13-/m0/s1. The van der Waals surface area contributed by atoms with E-state index in [9.17, 15) is 9.59 Å². The van der Waals surface area contributed by atoms with Gasteiger partial charge >= 0.3 is 0 Å². The van der Waals surface area contributed by atoms with Crippen molar-refractivity contribution in [1.82, 2.24) is 4.90 Å². The van der Waals surface area contributed by atoms with Crippen LogP contribution in [-0.2, 0) is 9.59 Å². The van der Waals surface area contributed by atoms with Crippen molar-refractivity contribution in [2.75, 3.05) is 18.4 Å². The van der Waals surface area contributed by atoms with Crippen molar-refractivity contribution in [3.05, 3.63) is 28.8 Å². The molecule has 0 bridgehead atoms. The molecule has 1 fully saturated rings. The number of hydrogen-bond donors (Lipinski definition) is 1. The van der Waals surface area contributed by atoms with Gasteiger partial charge in [-0.25, -0.2) is 0 Å². The second-order valence-corrected chi connectivity index (χ2v) is 6.66. The summed E-state index contributed by atoms with van der Waals surface area (Å²) < 4.78 is 0. The highest BCUT2D eigenvalue weighted by Gasteiger charge is 2.29. The minimum atomic E-state index is -0.147. The van der Waals surface area contributed by atoms with Gasteiger partial charge in [-0.2, -0.15) is 0 Å². The lowest BCUT2D eigenvalue weighted by molar-refractivity contribution is -0.137. The van der Waals surface area contributed by atoms with Gasteiger partial charge in [-0.3, -0.25) is 9.59 Å². The summed E-state index contributed by atoms with van der Waals surface area (Å²) in [6, 6.07) is 5.40. The third-order valence-corrected chi connectivity index (χ3v) is 4.28. The van der Waals surface area contributed by atoms with Gasteiger partial charge in [-0.1, -0.05) is 25.4 Å². The van der Waals surface area contributed by atoms with Crippen molar-refractivity contribution in [2.24, 2.45) is 11.8 Å². The fourth-order valence-corrected chi connectivity index (χ4v) is 2.99. The fraction of sp³-hybridized carbons (Fsp3) is 0.529. The molecule has 1 heterocycles. The maximum Gasteiger partial charge on any atom is 0.229 e. The Labute approximate surface area is 136 Å². The van der Waals surface area contributed by atoms with Crippen molar-refractivity contribution in [1.29, 1.82) is 0 Å². The molecule has 1 atom stereocenters. The molecule has 1 N–H and O–H groups in total. The minimum Gasteiger partial charge on any atom is -0.342 e. The topological polar surface area (TPSA) is 49.4 Å². The zero-order valence-electron chi connectivity index (χ0n) is 13.4. The highest BCUT2D eigenvalue weighted by molar-refractivity contribution is 6.30. The molecule has 0 unspecified atom stereocenters. The Morgan fingerprint density at radius 3 is 2.73 bits per heavy atom. The normalized spacial score (nSPS) is 18.4. The van der Waals surface area contributed by atoms with Crippen molar-refractivity contribution < 1.29 is 9.59 Å². The Kier molecular flexibility index (Phi) is 5.46. The molecule has 0 aliphatic carbocycles. The summed E-state index contributed by atoms with van der Waals surface area (Å²) in [6.07, 6.45) is 1.69. The van der Waals surface area contributed by atoms with E-state index in [2.05, 4.69) is 5.32 Å². The monoisotopic (exact) mass is 322 g/mol. The lowest BCUT2D eigenvalue weighted by Gasteiger charge is -2.33. The molecule has 0 radical (unpaired) electrons. The number of carbonyl (C=O) groups is 2. The number of nitrogens with one attached hydrogen (secondary N) is 1. The number of likely N-dealkylation sites (tertiary alicyclic amines) is 1. The van der Waals surface area contributed by atoms with Crippen LogP contribution in [0.5, 0.6) is 0 Å². The molecule has 0 saturated carbocycles. The summed E-state index contributed by atoms with van der Waals surface area (Å²) in [7, 11) is 0. The van der Waals surface area contributed by atoms with Crippen LogP contribution < -0.4 is 5.32 Å². The summed E-state index contributed by atoms with van der Waals surface area (Å²) in [6.45, 7) is 6.96. The van der Waals surface area contributed by atoms with Crippen molar-refractivity contribution in [2.45, 2.75) is 33.6 Å². The number of nitrogens with zero attached hydrogens (tertiary/aromatic N) is 1. The molecular weight excluding hydrogens is 300 g/mol. The van der Waals surface area contributed by atoms with Gasteiger partial charge in [0.15, 0.2) is 0 Å². The Morgan fingerprint density at radius 1 is 1.36 bits per heavy atom. The van der Waals surface area contributed by atoms with Gasteiger partial charge in [-0.05, 0) is 43.5 Å². The van der Waals surface area contributed by atoms with Crippen LogP contribution in [0.15, 0.2) is 18.2 Å². The third kappa shape index (κ3) is 4.01. The van der Waals surface area contributed by atoms with Gasteiger partial charge < -0.3 is 10.2 Å². The molecule has 1 aliphatic heterocycles. The van der Waals surface area contributed by atoms with E-state index in [-0.39, 0.29) is 23.7 Å². The molecule has 1 aliphatic rings. The van der Waals surface area contributed by atoms with Crippen molar-refractivity contribution in [3.8, 4) is 0 Å². The predicted octanol–water partition coefficient (Wildman–Crippen LogP) is 3.48. The zero-order chi connectivity index (χ0) is 16.3. The number of carbonyl (C=O) groups excluding carboxylic acids is 2. The summed E-state index contributed by atoms with van der Waals surface area (Å²) in [5, 5.41) is 3.61. The summed E-state index contributed by atoms with van der Waals surface area (Å²) in [5.74, 6) is -0.0706. The first-order chi connectivity index (χ1) is 10.4. The van der Waals surface area contributed by atoms with Crippen LogP contribution in [0.3, 0.4) is 0 Å². The van der Waals surface area contributed by atoms with Gasteiger partial charge in [0.2, 0.25) is 11.8 Å². The van der Waals surface area contributed by atoms with Crippen LogP contribution in [0.25, 0.3) is 0 Å². The Morgan fingerprint density at radius 2 is 2.09 bits per heavy atom. The zero-order valence-corrected chi connectivity index (χ0v) is 14.1. The fourth-order valence-electron chi connectivity index (χ4n) is 2.76. The van der Waals surface area contributed by atoms with E-state index in [1.165, 1.54) is 0 Å². The van der Waals surface area contributed by atoms with E-state index in [1.807, 2.05) is 37.8 Å². The molecule has 2 rings (SSSR count). The summed E-state index contributed by atoms with van der Waals surface area (Å²) >= 11 is 5.93. The van der Waals surface area contributed by atoms with E-state index in [0.29, 0.717) is 11.6 Å². The number of amides is 2. The number of hydrogen-bond acceptors (Lipinski definition) is 2. The quantitative estimate of drug-likeness (QED) is 0.926. The second kappa shape index (κ2) is 7.14. The predicted molar refractivity (Wildman–Crippen MR) is 89.0 cm³/mol. The largest absolute Gasteiger partial charge is 0.342 e. The van der Waals surface area contributed by atoms with Gasteiger partial charge in [0.25, 0.3) is 0 Å². The SMILES string of the molecule is Cc1cc(Cl)ccc1NC(=O)[C@H]1CCCN(C(=O)C(C)C)C1. The summed E-state index contributed by atoms with van der Waals surface area (Å²) in [4.78, 5) is 26.4. The lowest BCUT2D eigenvalue weighted by Crippen LogP contribution is -2.45. The third-order valence-electron chi connectivity index (χ3n) is 4.04. The van der Waals surface area contributed by atoms with Crippen LogP contribution in [-0.4, -0.2) is 29.8 Å². The van der Waals surface area contributed by atoms with E-state index in [4.69, 9.17) is 11.6 Å². The Hall–Kier alpha value is -1.55. The molecule has 2 amide bonds. The average Bonchev–Trinajstić information content (AvgIpc) is 2.49. The molecule has 1 saturated heterocycles. The van der Waals surface area contributed by atoms with Crippen LogP contribution >= 0.6 is 11.6 Å². The highest BCUT2D eigenvalue weighted by atomic mass is 35.5. The average molecular weight is 323 g/mol. The molecule has 0 spiro atoms. The van der Waals surface area contributed by atoms with Crippen molar-refractivity contribution >= 4 is 29.1 Å². The van der Waals surface area contributed by atoms with Crippen LogP contribution in [0, 0.1) is 18.8 Å². The molecular formula is C17H23ClN2O2. The number of aryl methyl sites for hydroxylation is 1. The smallest absolute Gasteiger partial charge is 0.229 e. The first kappa shape index (κ1) is 16.8. The van der Waals surface area contributed by atoms with Crippen LogP contribution in [0.4, 0.5) is 5.69 Å². The molecule has 1 aromatic carbocycles. The number of piperidine rings is 1. The maximum atomic E-state index is 12.5. The van der Waals surface area contributed by atoms with E-state index in [1.54, 1.807) is 6.07 Å². The molecule has 4 nitrogen and oxygen atoms in total. The van der Waals surface area contributed by atoms with Gasteiger partial charge in [-0.15, -0.1) is 0 Å². The van der Waals surface area contributed by atoms with Crippen LogP contribution in [0.1, 0.15) is 32.3 Å². The van der Waals surface area contributed by atoms with Gasteiger partial charge in [0.1, 0.15) is 0 Å². The Bertz CT molecular complexity index is 572. The van der Waals surface area contributed by atoms with E-state index >= 15 is 0 Å². The van der Waals surface area contributed by atoms with Gasteiger partial charge in [0, 0.05) is 29.7 Å². The van der Waals surface area contributed by atoms with Crippen molar-refractivity contribution in [3.63, 3.8) is 0 Å².